The predicted octanol–water partition coefficient (Wildman–Crippen LogP) is 5.90. The van der Waals surface area contributed by atoms with Crippen molar-refractivity contribution in [2.24, 2.45) is 5.10 Å². The molecule has 172 valence electrons. The molecule has 0 radical (unpaired) electrons. The molecule has 0 spiro atoms. The second-order valence-electron chi connectivity index (χ2n) is 9.37. The topological polar surface area (TPSA) is 44.7 Å². The number of anilines is 1. The van der Waals surface area contributed by atoms with E-state index in [2.05, 4.69) is 62.2 Å². The van der Waals surface area contributed by atoms with Gasteiger partial charge in [-0.25, -0.2) is 5.43 Å². The molecule has 1 aliphatic heterocycles. The monoisotopic (exact) mass is 445 g/mol. The third kappa shape index (κ3) is 5.31. The van der Waals surface area contributed by atoms with E-state index in [1.807, 2.05) is 6.07 Å². The van der Waals surface area contributed by atoms with Gasteiger partial charge in [-0.3, -0.25) is 4.79 Å². The lowest BCUT2D eigenvalue weighted by molar-refractivity contribution is -0.137. The van der Waals surface area contributed by atoms with Crippen molar-refractivity contribution >= 4 is 17.8 Å². The molecule has 1 aliphatic rings. The largest absolute Gasteiger partial charge is 0.416 e. The summed E-state index contributed by atoms with van der Waals surface area (Å²) in [4.78, 5) is 14.6. The minimum absolute atomic E-state index is 0.0631. The molecular formula is C25H30F3N3O. The second kappa shape index (κ2) is 8.96. The highest BCUT2D eigenvalue weighted by molar-refractivity contribution is 5.84. The van der Waals surface area contributed by atoms with Crippen LogP contribution in [-0.4, -0.2) is 23.7 Å². The fourth-order valence-corrected chi connectivity index (χ4v) is 4.79. The number of amides is 1. The van der Waals surface area contributed by atoms with Gasteiger partial charge in [0, 0.05) is 17.3 Å². The lowest BCUT2D eigenvalue weighted by atomic mass is 9.79. The number of carbonyl (C=O) groups excluding carboxylic acids is 1. The number of nitrogens with zero attached hydrogens (tertiary/aromatic N) is 2. The molecule has 0 fully saturated rings. The second-order valence-corrected chi connectivity index (χ2v) is 9.37. The molecule has 0 saturated heterocycles. The van der Waals surface area contributed by atoms with Crippen molar-refractivity contribution in [3.05, 3.63) is 64.7 Å². The summed E-state index contributed by atoms with van der Waals surface area (Å²) < 4.78 is 38.5. The number of rotatable bonds is 5. The average molecular weight is 446 g/mol. The maximum atomic E-state index is 12.8. The third-order valence-corrected chi connectivity index (χ3v) is 5.84. The smallest absolute Gasteiger partial charge is 0.364 e. The summed E-state index contributed by atoms with van der Waals surface area (Å²) in [7, 11) is 0. The van der Waals surface area contributed by atoms with Gasteiger partial charge in [-0.05, 0) is 74.9 Å². The van der Waals surface area contributed by atoms with Gasteiger partial charge in [-0.2, -0.15) is 18.3 Å². The zero-order chi connectivity index (χ0) is 23.7. The van der Waals surface area contributed by atoms with Gasteiger partial charge >= 0.3 is 6.18 Å². The van der Waals surface area contributed by atoms with Crippen LogP contribution in [0, 0.1) is 0 Å². The number of nitrogens with one attached hydrogen (secondary N) is 1. The molecule has 1 amide bonds. The molecule has 4 nitrogen and oxygen atoms in total. The summed E-state index contributed by atoms with van der Waals surface area (Å²) in [5.74, 6) is -0.0847. The fraction of sp³-hybridized carbons (Fsp3) is 0.440. The first-order valence-electron chi connectivity index (χ1n) is 10.8. The quantitative estimate of drug-likeness (QED) is 0.460. The average Bonchev–Trinajstić information content (AvgIpc) is 2.67. The van der Waals surface area contributed by atoms with Crippen LogP contribution in [0.15, 0.2) is 47.6 Å². The van der Waals surface area contributed by atoms with Crippen molar-refractivity contribution in [2.75, 3.05) is 4.90 Å². The first-order valence-corrected chi connectivity index (χ1v) is 10.8. The molecule has 0 aromatic heterocycles. The molecule has 2 aromatic carbocycles. The maximum Gasteiger partial charge on any atom is 0.416 e. The number of hydrogen-bond donors (Lipinski definition) is 1. The fourth-order valence-electron chi connectivity index (χ4n) is 4.79. The van der Waals surface area contributed by atoms with Crippen LogP contribution in [0.4, 0.5) is 18.9 Å². The number of halogens is 3. The molecule has 2 aromatic rings. The lowest BCUT2D eigenvalue weighted by Crippen LogP contribution is -2.51. The summed E-state index contributed by atoms with van der Waals surface area (Å²) in [6.07, 6.45) is -2.02. The normalized spacial score (nSPS) is 18.2. The molecule has 0 unspecified atom stereocenters. The van der Waals surface area contributed by atoms with E-state index in [9.17, 15) is 18.0 Å². The van der Waals surface area contributed by atoms with E-state index in [0.717, 1.165) is 24.1 Å². The van der Waals surface area contributed by atoms with E-state index in [0.29, 0.717) is 12.0 Å². The Labute approximate surface area is 187 Å². The maximum absolute atomic E-state index is 12.8. The van der Waals surface area contributed by atoms with E-state index in [-0.39, 0.29) is 17.5 Å². The van der Waals surface area contributed by atoms with Crippen LogP contribution in [0.25, 0.3) is 0 Å². The Morgan fingerprint density at radius 1 is 1.25 bits per heavy atom. The summed E-state index contributed by atoms with van der Waals surface area (Å²) in [5, 5.41) is 4.01. The van der Waals surface area contributed by atoms with Crippen LogP contribution >= 0.6 is 0 Å². The van der Waals surface area contributed by atoms with Gasteiger partial charge < -0.3 is 4.90 Å². The van der Waals surface area contributed by atoms with E-state index in [1.54, 1.807) is 6.21 Å². The summed E-state index contributed by atoms with van der Waals surface area (Å²) >= 11 is 0. The first-order chi connectivity index (χ1) is 14.9. The van der Waals surface area contributed by atoms with Crippen molar-refractivity contribution in [2.45, 2.75) is 71.1 Å². The molecule has 7 heteroatoms. The molecule has 32 heavy (non-hydrogen) atoms. The van der Waals surface area contributed by atoms with Crippen molar-refractivity contribution in [1.82, 2.24) is 5.43 Å². The number of hydrazone groups is 1. The van der Waals surface area contributed by atoms with Gasteiger partial charge in [0.15, 0.2) is 0 Å². The van der Waals surface area contributed by atoms with Crippen LogP contribution in [0.2, 0.25) is 0 Å². The SMILES string of the molecule is CC(C)N1c2ccc(/C=N/NC(=O)Cc3cccc(C(F)(F)F)c3)cc2[C@H](C)CC1(C)C. The number of carbonyl (C=O) groups is 1. The number of hydrogen-bond acceptors (Lipinski definition) is 3. The van der Waals surface area contributed by atoms with Crippen LogP contribution in [0.3, 0.4) is 0 Å². The number of benzene rings is 2. The lowest BCUT2D eigenvalue weighted by Gasteiger charge is -2.50. The summed E-state index contributed by atoms with van der Waals surface area (Å²) in [5.41, 5.74) is 5.31. The minimum atomic E-state index is -4.44. The number of fused-ring (bicyclic) bond motifs is 1. The highest BCUT2D eigenvalue weighted by Gasteiger charge is 2.37. The summed E-state index contributed by atoms with van der Waals surface area (Å²) in [6, 6.07) is 11.3. The van der Waals surface area contributed by atoms with Crippen molar-refractivity contribution in [3.63, 3.8) is 0 Å². The van der Waals surface area contributed by atoms with Crippen LogP contribution in [0.5, 0.6) is 0 Å². The van der Waals surface area contributed by atoms with E-state index in [4.69, 9.17) is 0 Å². The Bertz CT molecular complexity index is 1010. The molecule has 3 rings (SSSR count). The van der Waals surface area contributed by atoms with E-state index >= 15 is 0 Å². The third-order valence-electron chi connectivity index (χ3n) is 5.84. The molecule has 1 heterocycles. The van der Waals surface area contributed by atoms with Crippen LogP contribution in [-0.2, 0) is 17.4 Å². The molecule has 1 atom stereocenters. The Balaban J connectivity index is 1.69. The van der Waals surface area contributed by atoms with E-state index in [1.165, 1.54) is 23.4 Å². The molecule has 0 saturated carbocycles. The van der Waals surface area contributed by atoms with Gasteiger partial charge in [0.1, 0.15) is 0 Å². The van der Waals surface area contributed by atoms with E-state index < -0.39 is 17.6 Å². The van der Waals surface area contributed by atoms with Gasteiger partial charge in [-0.1, -0.05) is 31.2 Å². The Morgan fingerprint density at radius 2 is 1.97 bits per heavy atom. The molecular weight excluding hydrogens is 415 g/mol. The highest BCUT2D eigenvalue weighted by Crippen LogP contribution is 2.44. The first kappa shape index (κ1) is 23.8. The minimum Gasteiger partial charge on any atom is -0.364 e. The highest BCUT2D eigenvalue weighted by atomic mass is 19.4. The Kier molecular flexibility index (Phi) is 6.67. The van der Waals surface area contributed by atoms with Gasteiger partial charge in [0.05, 0.1) is 18.2 Å². The van der Waals surface area contributed by atoms with Crippen LogP contribution in [0.1, 0.15) is 69.2 Å². The standard InChI is InChI=1S/C25H30F3N3O/c1-16(2)31-22-10-9-19(12-21(22)17(3)14-24(31,4)5)15-29-30-23(32)13-18-7-6-8-20(11-18)25(26,27)28/h6-12,15-17H,13-14H2,1-5H3,(H,30,32)/b29-15+/t17-/m1/s1. The van der Waals surface area contributed by atoms with Gasteiger partial charge in [0.25, 0.3) is 0 Å². The zero-order valence-electron chi connectivity index (χ0n) is 19.1. The Hall–Kier alpha value is -2.83. The van der Waals surface area contributed by atoms with Gasteiger partial charge in [0.2, 0.25) is 5.91 Å². The number of alkyl halides is 3. The van der Waals surface area contributed by atoms with Crippen LogP contribution < -0.4 is 10.3 Å². The van der Waals surface area contributed by atoms with Gasteiger partial charge in [-0.15, -0.1) is 0 Å². The molecule has 0 bridgehead atoms. The Morgan fingerprint density at radius 3 is 2.62 bits per heavy atom. The molecule has 1 N–H and O–H groups in total. The molecule has 0 aliphatic carbocycles. The van der Waals surface area contributed by atoms with Crippen molar-refractivity contribution in [1.29, 1.82) is 0 Å². The predicted molar refractivity (Wildman–Crippen MR) is 122 cm³/mol. The summed E-state index contributed by atoms with van der Waals surface area (Å²) in [6.45, 7) is 11.1. The van der Waals surface area contributed by atoms with Crippen molar-refractivity contribution in [3.8, 4) is 0 Å². The zero-order valence-corrected chi connectivity index (χ0v) is 19.1. The van der Waals surface area contributed by atoms with Crippen molar-refractivity contribution < 1.29 is 18.0 Å².